The van der Waals surface area contributed by atoms with Gasteiger partial charge in [-0.25, -0.2) is 8.78 Å². The lowest BCUT2D eigenvalue weighted by molar-refractivity contribution is 0.226. The van der Waals surface area contributed by atoms with E-state index in [9.17, 15) is 8.78 Å². The van der Waals surface area contributed by atoms with E-state index in [-0.39, 0.29) is 0 Å². The summed E-state index contributed by atoms with van der Waals surface area (Å²) in [6.45, 7) is 0. The Bertz CT molecular complexity index is 120. The molecule has 0 aliphatic rings. The van der Waals surface area contributed by atoms with Crippen LogP contribution in [0.4, 0.5) is 8.78 Å². The van der Waals surface area contributed by atoms with E-state index in [1.165, 1.54) is 6.20 Å². The molecule has 0 aromatic carbocycles. The van der Waals surface area contributed by atoms with E-state index in [0.717, 1.165) is 6.08 Å². The predicted molar refractivity (Wildman–Crippen MR) is 31.9 cm³/mol. The first-order chi connectivity index (χ1) is 4.18. The maximum atomic E-state index is 11.4. The van der Waals surface area contributed by atoms with E-state index in [1.54, 1.807) is 7.05 Å². The van der Waals surface area contributed by atoms with Crippen LogP contribution < -0.4 is 5.32 Å². The summed E-state index contributed by atoms with van der Waals surface area (Å²) in [6.07, 6.45) is -0.367. The number of hydrogen-bond donors (Lipinski definition) is 2. The van der Waals surface area contributed by atoms with Crippen LogP contribution in [0.5, 0.6) is 0 Å². The van der Waals surface area contributed by atoms with Crippen molar-refractivity contribution in [1.82, 2.24) is 5.32 Å². The summed E-state index contributed by atoms with van der Waals surface area (Å²) in [5, 5.41) is 9.07. The maximum absolute atomic E-state index is 11.4. The summed E-state index contributed by atoms with van der Waals surface area (Å²) in [4.78, 5) is 0. The van der Waals surface area contributed by atoms with Crippen molar-refractivity contribution in [2.45, 2.75) is 6.43 Å². The summed E-state index contributed by atoms with van der Waals surface area (Å²) in [5.41, 5.74) is -0.677. The SMILES string of the molecule is CN/C=C\C(=N)C(F)F. The van der Waals surface area contributed by atoms with Crippen LogP contribution in [0.15, 0.2) is 12.3 Å². The van der Waals surface area contributed by atoms with Crippen LogP contribution in [0.2, 0.25) is 0 Å². The van der Waals surface area contributed by atoms with Crippen molar-refractivity contribution in [3.8, 4) is 0 Å². The van der Waals surface area contributed by atoms with Gasteiger partial charge in [-0.05, 0) is 12.3 Å². The molecule has 9 heavy (non-hydrogen) atoms. The van der Waals surface area contributed by atoms with Gasteiger partial charge in [-0.1, -0.05) is 0 Å². The smallest absolute Gasteiger partial charge is 0.279 e. The highest BCUT2D eigenvalue weighted by atomic mass is 19.3. The van der Waals surface area contributed by atoms with Gasteiger partial charge in [-0.15, -0.1) is 0 Å². The van der Waals surface area contributed by atoms with E-state index in [4.69, 9.17) is 5.41 Å². The molecule has 0 spiro atoms. The van der Waals surface area contributed by atoms with Crippen LogP contribution in [-0.2, 0) is 0 Å². The van der Waals surface area contributed by atoms with Crippen molar-refractivity contribution < 1.29 is 8.78 Å². The number of hydrogen-bond acceptors (Lipinski definition) is 2. The van der Waals surface area contributed by atoms with E-state index < -0.39 is 12.1 Å². The highest BCUT2D eigenvalue weighted by Gasteiger charge is 2.04. The molecule has 0 aliphatic carbocycles. The molecular weight excluding hydrogens is 126 g/mol. The Morgan fingerprint density at radius 1 is 1.67 bits per heavy atom. The Hall–Kier alpha value is -0.930. The first-order valence-electron chi connectivity index (χ1n) is 2.39. The van der Waals surface area contributed by atoms with Gasteiger partial charge in [-0.2, -0.15) is 0 Å². The van der Waals surface area contributed by atoms with Gasteiger partial charge in [0.1, 0.15) is 0 Å². The molecule has 52 valence electrons. The molecule has 0 fully saturated rings. The van der Waals surface area contributed by atoms with E-state index in [1.807, 2.05) is 0 Å². The zero-order valence-electron chi connectivity index (χ0n) is 4.99. The zero-order valence-corrected chi connectivity index (χ0v) is 4.99. The molecule has 2 N–H and O–H groups in total. The number of allylic oxidation sites excluding steroid dienone is 1. The number of nitrogens with one attached hydrogen (secondary N) is 2. The van der Waals surface area contributed by atoms with Gasteiger partial charge in [0.05, 0.1) is 5.71 Å². The molecule has 4 heteroatoms. The molecule has 0 amide bonds. The van der Waals surface area contributed by atoms with Crippen molar-refractivity contribution in [3.63, 3.8) is 0 Å². The fourth-order valence-electron chi connectivity index (χ4n) is 0.246. The highest BCUT2D eigenvalue weighted by molar-refractivity contribution is 5.94. The Labute approximate surface area is 52.1 Å². The van der Waals surface area contributed by atoms with E-state index >= 15 is 0 Å². The normalized spacial score (nSPS) is 10.7. The van der Waals surface area contributed by atoms with Gasteiger partial charge in [0.2, 0.25) is 0 Å². The van der Waals surface area contributed by atoms with Gasteiger partial charge >= 0.3 is 0 Å². The summed E-state index contributed by atoms with van der Waals surface area (Å²) in [7, 11) is 1.58. The van der Waals surface area contributed by atoms with E-state index in [2.05, 4.69) is 5.32 Å². The first kappa shape index (κ1) is 8.07. The molecule has 0 saturated carbocycles. The second-order valence-corrected chi connectivity index (χ2v) is 1.38. The summed E-state index contributed by atoms with van der Waals surface area (Å²) >= 11 is 0. The third-order valence-corrected chi connectivity index (χ3v) is 0.665. The lowest BCUT2D eigenvalue weighted by Crippen LogP contribution is -2.06. The first-order valence-corrected chi connectivity index (χ1v) is 2.39. The number of halogens is 2. The molecule has 0 aliphatic heterocycles. The second kappa shape index (κ2) is 4.00. The lowest BCUT2D eigenvalue weighted by atomic mass is 10.4. The van der Waals surface area contributed by atoms with Crippen LogP contribution in [0, 0.1) is 5.41 Å². The molecule has 0 atom stereocenters. The zero-order chi connectivity index (χ0) is 7.28. The molecule has 0 rings (SSSR count). The maximum Gasteiger partial charge on any atom is 0.279 e. The lowest BCUT2D eigenvalue weighted by Gasteiger charge is -1.92. The Kier molecular flexibility index (Phi) is 3.59. The minimum atomic E-state index is -2.67. The van der Waals surface area contributed by atoms with Crippen LogP contribution >= 0.6 is 0 Å². The Morgan fingerprint density at radius 3 is 2.56 bits per heavy atom. The third-order valence-electron chi connectivity index (χ3n) is 0.665. The van der Waals surface area contributed by atoms with Gasteiger partial charge in [-0.3, -0.25) is 5.41 Å². The Balaban J connectivity index is 3.63. The summed E-state index contributed by atoms with van der Waals surface area (Å²) < 4.78 is 22.9. The molecule has 0 aromatic heterocycles. The molecule has 0 bridgehead atoms. The molecule has 0 heterocycles. The van der Waals surface area contributed by atoms with E-state index in [0.29, 0.717) is 0 Å². The van der Waals surface area contributed by atoms with Crippen molar-refractivity contribution >= 4 is 5.71 Å². The number of alkyl halides is 2. The molecule has 0 radical (unpaired) electrons. The predicted octanol–water partition coefficient (Wildman–Crippen LogP) is 1.00. The van der Waals surface area contributed by atoms with Crippen molar-refractivity contribution in [2.75, 3.05) is 7.05 Å². The fraction of sp³-hybridized carbons (Fsp3) is 0.400. The molecular formula is C5H8F2N2. The molecule has 0 unspecified atom stereocenters. The molecule has 2 nitrogen and oxygen atoms in total. The van der Waals surface area contributed by atoms with Gasteiger partial charge in [0.25, 0.3) is 6.43 Å². The summed E-state index contributed by atoms with van der Waals surface area (Å²) in [6, 6.07) is 0. The average molecular weight is 134 g/mol. The monoisotopic (exact) mass is 134 g/mol. The third kappa shape index (κ3) is 3.64. The van der Waals surface area contributed by atoms with Crippen molar-refractivity contribution in [3.05, 3.63) is 12.3 Å². The Morgan fingerprint density at radius 2 is 2.22 bits per heavy atom. The quantitative estimate of drug-likeness (QED) is 0.555. The van der Waals surface area contributed by atoms with Crippen LogP contribution in [-0.4, -0.2) is 19.2 Å². The van der Waals surface area contributed by atoms with Crippen LogP contribution in [0.25, 0.3) is 0 Å². The van der Waals surface area contributed by atoms with Gasteiger partial charge in [0.15, 0.2) is 0 Å². The van der Waals surface area contributed by atoms with Crippen molar-refractivity contribution in [1.29, 1.82) is 5.41 Å². The van der Waals surface area contributed by atoms with Crippen LogP contribution in [0.3, 0.4) is 0 Å². The molecule has 0 saturated heterocycles. The van der Waals surface area contributed by atoms with Gasteiger partial charge < -0.3 is 5.32 Å². The number of rotatable bonds is 3. The summed E-state index contributed by atoms with van der Waals surface area (Å²) in [5.74, 6) is 0. The second-order valence-electron chi connectivity index (χ2n) is 1.38. The standard InChI is InChI=1S/C5H8F2N2/c1-9-3-2-4(8)5(6)7/h2-3,5,8-9H,1H3/b3-2-,8-4?. The molecule has 0 aromatic rings. The topological polar surface area (TPSA) is 35.9 Å². The van der Waals surface area contributed by atoms with Gasteiger partial charge in [0, 0.05) is 7.05 Å². The largest absolute Gasteiger partial charge is 0.394 e. The minimum absolute atomic E-state index is 0.677. The highest BCUT2D eigenvalue weighted by Crippen LogP contribution is 1.94. The fourth-order valence-corrected chi connectivity index (χ4v) is 0.246. The minimum Gasteiger partial charge on any atom is -0.394 e. The van der Waals surface area contributed by atoms with Crippen LogP contribution in [0.1, 0.15) is 0 Å². The van der Waals surface area contributed by atoms with Crippen molar-refractivity contribution in [2.24, 2.45) is 0 Å². The average Bonchev–Trinajstić information content (AvgIpc) is 1.82.